The molecule has 9 nitrogen and oxygen atoms in total. The van der Waals surface area contributed by atoms with Gasteiger partial charge in [0, 0.05) is 13.1 Å². The summed E-state index contributed by atoms with van der Waals surface area (Å²) in [5, 5.41) is 22.5. The number of anilines is 1. The average Bonchev–Trinajstić information content (AvgIpc) is 2.94. The smallest absolute Gasteiger partial charge is 0.236 e. The molecule has 0 unspecified atom stereocenters. The highest BCUT2D eigenvalue weighted by Gasteiger charge is 2.39. The Hall–Kier alpha value is -2.03. The molecule has 1 saturated carbocycles. The van der Waals surface area contributed by atoms with Crippen LogP contribution < -0.4 is 10.1 Å². The van der Waals surface area contributed by atoms with E-state index in [-0.39, 0.29) is 36.9 Å². The number of aromatic nitrogens is 2. The molecule has 0 radical (unpaired) electrons. The molecule has 4 atom stereocenters. The van der Waals surface area contributed by atoms with Gasteiger partial charge in [0.25, 0.3) is 0 Å². The highest BCUT2D eigenvalue weighted by Crippen LogP contribution is 2.33. The lowest BCUT2D eigenvalue weighted by Crippen LogP contribution is -2.49. The van der Waals surface area contributed by atoms with Crippen molar-refractivity contribution in [2.24, 2.45) is 0 Å². The Balaban J connectivity index is 1.72. The number of hydrogen-bond donors (Lipinski definition) is 2. The van der Waals surface area contributed by atoms with Crippen LogP contribution in [0.1, 0.15) is 38.2 Å². The zero-order valence-corrected chi connectivity index (χ0v) is 16.6. The van der Waals surface area contributed by atoms with Crippen LogP contribution in [-0.4, -0.2) is 71.1 Å². The summed E-state index contributed by atoms with van der Waals surface area (Å²) in [5.41, 5.74) is -0.884. The Labute approximate surface area is 163 Å². The van der Waals surface area contributed by atoms with Crippen LogP contribution in [-0.2, 0) is 10.0 Å². The summed E-state index contributed by atoms with van der Waals surface area (Å²) in [7, 11) is -3.44. The minimum absolute atomic E-state index is 0.0381. The van der Waals surface area contributed by atoms with Gasteiger partial charge in [0.1, 0.15) is 23.9 Å². The number of nitrogens with one attached hydrogen (secondary N) is 1. The number of alkyl halides is 1. The van der Waals surface area contributed by atoms with E-state index < -0.39 is 33.9 Å². The van der Waals surface area contributed by atoms with Crippen LogP contribution in [0.2, 0.25) is 0 Å². The molecule has 2 fully saturated rings. The molecule has 1 aliphatic heterocycles. The molecule has 11 heteroatoms. The lowest BCUT2D eigenvalue weighted by atomic mass is 10.0. The third kappa shape index (κ3) is 4.51. The van der Waals surface area contributed by atoms with Crippen LogP contribution >= 0.6 is 0 Å². The van der Waals surface area contributed by atoms with Gasteiger partial charge in [-0.15, -0.1) is 0 Å². The Kier molecular flexibility index (Phi) is 5.74. The van der Waals surface area contributed by atoms with E-state index in [2.05, 4.69) is 15.3 Å². The summed E-state index contributed by atoms with van der Waals surface area (Å²) >= 11 is 0. The molecule has 0 aromatic carbocycles. The largest absolute Gasteiger partial charge is 0.470 e. The summed E-state index contributed by atoms with van der Waals surface area (Å²) in [6.45, 7) is 1.64. The average molecular weight is 413 g/mol. The lowest BCUT2D eigenvalue weighted by Gasteiger charge is -2.33. The summed E-state index contributed by atoms with van der Waals surface area (Å²) in [6, 6.07) is 1.29. The quantitative estimate of drug-likeness (QED) is 0.726. The Morgan fingerprint density at radius 3 is 2.82 bits per heavy atom. The van der Waals surface area contributed by atoms with Crippen LogP contribution in [0.25, 0.3) is 0 Å². The van der Waals surface area contributed by atoms with Gasteiger partial charge in [-0.1, -0.05) is 0 Å². The number of ether oxygens (including phenoxy) is 1. The molecule has 1 aliphatic carbocycles. The van der Waals surface area contributed by atoms with Gasteiger partial charge in [-0.25, -0.2) is 17.8 Å². The zero-order valence-electron chi connectivity index (χ0n) is 15.8. The number of rotatable bonds is 5. The highest BCUT2D eigenvalue weighted by molar-refractivity contribution is 7.88. The number of sulfonamides is 1. The molecule has 2 N–H and O–H groups in total. The maximum atomic E-state index is 14.4. The first kappa shape index (κ1) is 20.7. The van der Waals surface area contributed by atoms with Crippen molar-refractivity contribution < 1.29 is 22.7 Å². The lowest BCUT2D eigenvalue weighted by molar-refractivity contribution is -0.0271. The minimum Gasteiger partial charge on any atom is -0.470 e. The van der Waals surface area contributed by atoms with E-state index in [4.69, 9.17) is 4.74 Å². The molecule has 1 aromatic heterocycles. The Morgan fingerprint density at radius 1 is 1.50 bits per heavy atom. The summed E-state index contributed by atoms with van der Waals surface area (Å²) in [6.07, 6.45) is 2.71. The normalized spacial score (nSPS) is 31.3. The topological polar surface area (TPSA) is 128 Å². The first-order valence-electron chi connectivity index (χ1n) is 9.12. The predicted molar refractivity (Wildman–Crippen MR) is 99.0 cm³/mol. The van der Waals surface area contributed by atoms with Gasteiger partial charge < -0.3 is 15.2 Å². The molecule has 154 valence electrons. The van der Waals surface area contributed by atoms with Crippen LogP contribution in [0, 0.1) is 11.3 Å². The molecule has 1 aromatic rings. The fraction of sp³-hybridized carbons (Fsp3) is 0.706. The maximum Gasteiger partial charge on any atom is 0.236 e. The predicted octanol–water partition coefficient (Wildman–Crippen LogP) is 0.814. The van der Waals surface area contributed by atoms with Crippen molar-refractivity contribution in [2.75, 3.05) is 24.7 Å². The van der Waals surface area contributed by atoms with E-state index in [0.717, 1.165) is 17.0 Å². The van der Waals surface area contributed by atoms with E-state index in [1.165, 1.54) is 6.20 Å². The van der Waals surface area contributed by atoms with E-state index in [9.17, 15) is 23.2 Å². The minimum atomic E-state index is -3.44. The van der Waals surface area contributed by atoms with E-state index in [1.54, 1.807) is 6.92 Å². The van der Waals surface area contributed by atoms with Crippen molar-refractivity contribution in [3.05, 3.63) is 11.8 Å². The van der Waals surface area contributed by atoms with Crippen molar-refractivity contribution in [3.8, 4) is 11.9 Å². The highest BCUT2D eigenvalue weighted by atomic mass is 32.2. The fourth-order valence-corrected chi connectivity index (χ4v) is 4.40. The Bertz CT molecular complexity index is 873. The fourth-order valence-electron chi connectivity index (χ4n) is 3.55. The zero-order chi connectivity index (χ0) is 20.5. The molecule has 3 rings (SSSR count). The van der Waals surface area contributed by atoms with Gasteiger partial charge in [0.15, 0.2) is 0 Å². The van der Waals surface area contributed by atoms with Crippen LogP contribution in [0.4, 0.5) is 10.3 Å². The molecule has 2 aliphatic rings. The van der Waals surface area contributed by atoms with Gasteiger partial charge in [-0.3, -0.25) is 0 Å². The number of hydrogen-bond acceptors (Lipinski definition) is 8. The van der Waals surface area contributed by atoms with Crippen LogP contribution in [0.5, 0.6) is 5.88 Å². The van der Waals surface area contributed by atoms with Crippen LogP contribution in [0.3, 0.4) is 0 Å². The molecule has 0 amide bonds. The van der Waals surface area contributed by atoms with Gasteiger partial charge in [0.2, 0.25) is 21.9 Å². The third-order valence-corrected chi connectivity index (χ3v) is 6.53. The van der Waals surface area contributed by atoms with Gasteiger partial charge in [0.05, 0.1) is 24.1 Å². The number of nitriles is 1. The first-order chi connectivity index (χ1) is 13.1. The van der Waals surface area contributed by atoms with E-state index in [1.807, 2.05) is 6.07 Å². The second-order valence-electron chi connectivity index (χ2n) is 7.56. The maximum absolute atomic E-state index is 14.4. The third-order valence-electron chi connectivity index (χ3n) is 5.26. The van der Waals surface area contributed by atoms with Crippen molar-refractivity contribution in [2.45, 2.75) is 56.5 Å². The molecular formula is C17H24FN5O4S. The summed E-state index contributed by atoms with van der Waals surface area (Å²) in [5.74, 6) is 0.128. The molecule has 2 heterocycles. The van der Waals surface area contributed by atoms with E-state index in [0.29, 0.717) is 12.8 Å². The number of nitrogens with zero attached hydrogens (tertiary/aromatic N) is 4. The Morgan fingerprint density at radius 2 is 2.25 bits per heavy atom. The van der Waals surface area contributed by atoms with Gasteiger partial charge in [-0.05, 0) is 32.6 Å². The van der Waals surface area contributed by atoms with Crippen molar-refractivity contribution in [3.63, 3.8) is 0 Å². The second kappa shape index (κ2) is 7.77. The molecular weight excluding hydrogens is 389 g/mol. The van der Waals surface area contributed by atoms with Crippen molar-refractivity contribution in [1.82, 2.24) is 14.3 Å². The van der Waals surface area contributed by atoms with Crippen LogP contribution in [0.15, 0.2) is 6.20 Å². The van der Waals surface area contributed by atoms with E-state index >= 15 is 0 Å². The van der Waals surface area contributed by atoms with Crippen molar-refractivity contribution in [1.29, 1.82) is 5.26 Å². The number of aliphatic hydroxyl groups is 1. The molecule has 28 heavy (non-hydrogen) atoms. The SMILES string of the molecule is C[C@@]1(O)CCC[C@@H]1Oc1nc(N[C@H]2CCN(S(C)(=O)=O)C[C@@H]2F)ncc1C#N. The van der Waals surface area contributed by atoms with Gasteiger partial charge in [-0.2, -0.15) is 14.6 Å². The first-order valence-corrected chi connectivity index (χ1v) is 11.0. The number of halogens is 1. The molecule has 0 spiro atoms. The summed E-state index contributed by atoms with van der Waals surface area (Å²) in [4.78, 5) is 8.22. The van der Waals surface area contributed by atoms with Gasteiger partial charge >= 0.3 is 0 Å². The summed E-state index contributed by atoms with van der Waals surface area (Å²) < 4.78 is 44.5. The number of piperidine rings is 1. The van der Waals surface area contributed by atoms with Crippen molar-refractivity contribution >= 4 is 16.0 Å². The standard InChI is InChI=1S/C17H24FN5O4S/c1-17(24)6-3-4-14(17)27-15-11(8-19)9-20-16(22-15)21-13-5-7-23(10-12(13)18)28(2,25)26/h9,12-14,24H,3-7,10H2,1-2H3,(H,20,21,22)/t12-,13-,14-,17+/m0/s1. The second-order valence-corrected chi connectivity index (χ2v) is 9.54. The molecule has 1 saturated heterocycles. The monoisotopic (exact) mass is 413 g/mol. The molecule has 0 bridgehead atoms.